The zero-order chi connectivity index (χ0) is 15.5. The Hall–Kier alpha value is -2.22. The van der Waals surface area contributed by atoms with Gasteiger partial charge in [-0.2, -0.15) is 5.26 Å². The normalized spacial score (nSPS) is 16.0. The summed E-state index contributed by atoms with van der Waals surface area (Å²) in [5.41, 5.74) is 6.36. The summed E-state index contributed by atoms with van der Waals surface area (Å²) in [6, 6.07) is 7.45. The SMILES string of the molecule is CCC1(CC)Oc2cc(N)ccc2N(CCCC#N)C1=O. The van der Waals surface area contributed by atoms with Gasteiger partial charge in [0.1, 0.15) is 5.75 Å². The summed E-state index contributed by atoms with van der Waals surface area (Å²) in [4.78, 5) is 14.6. The fourth-order valence-corrected chi connectivity index (χ4v) is 2.68. The van der Waals surface area contributed by atoms with Gasteiger partial charge >= 0.3 is 0 Å². The first kappa shape index (κ1) is 15.2. The molecule has 0 aromatic heterocycles. The third-order valence-corrected chi connectivity index (χ3v) is 4.03. The Morgan fingerprint density at radius 1 is 1.38 bits per heavy atom. The highest BCUT2D eigenvalue weighted by Crippen LogP contribution is 2.41. The van der Waals surface area contributed by atoms with Crippen LogP contribution in [-0.4, -0.2) is 18.1 Å². The molecule has 2 N–H and O–H groups in total. The Bertz CT molecular complexity index is 573. The van der Waals surface area contributed by atoms with Crippen LogP contribution in [0, 0.1) is 11.3 Å². The molecule has 0 unspecified atom stereocenters. The minimum absolute atomic E-state index is 0.0253. The molecular formula is C16H21N3O2. The molecule has 1 aromatic carbocycles. The van der Waals surface area contributed by atoms with Crippen LogP contribution in [0.2, 0.25) is 0 Å². The minimum Gasteiger partial charge on any atom is -0.475 e. The Morgan fingerprint density at radius 2 is 2.10 bits per heavy atom. The van der Waals surface area contributed by atoms with Crippen molar-refractivity contribution >= 4 is 17.3 Å². The number of unbranched alkanes of at least 4 members (excludes halogenated alkanes) is 1. The number of carbonyl (C=O) groups excluding carboxylic acids is 1. The summed E-state index contributed by atoms with van der Waals surface area (Å²) in [5.74, 6) is 0.623. The lowest BCUT2D eigenvalue weighted by Gasteiger charge is -2.42. The quantitative estimate of drug-likeness (QED) is 0.667. The van der Waals surface area contributed by atoms with E-state index in [4.69, 9.17) is 15.7 Å². The molecule has 2 rings (SSSR count). The van der Waals surface area contributed by atoms with Crippen LogP contribution in [0.15, 0.2) is 18.2 Å². The second-order valence-electron chi connectivity index (χ2n) is 5.25. The smallest absolute Gasteiger partial charge is 0.271 e. The molecule has 21 heavy (non-hydrogen) atoms. The number of rotatable bonds is 5. The van der Waals surface area contributed by atoms with Gasteiger partial charge in [-0.05, 0) is 31.4 Å². The van der Waals surface area contributed by atoms with Gasteiger partial charge in [0.15, 0.2) is 5.60 Å². The van der Waals surface area contributed by atoms with E-state index < -0.39 is 5.60 Å². The number of fused-ring (bicyclic) bond motifs is 1. The van der Waals surface area contributed by atoms with E-state index in [1.54, 1.807) is 17.0 Å². The molecular weight excluding hydrogens is 266 g/mol. The van der Waals surface area contributed by atoms with Crippen molar-refractivity contribution in [2.45, 2.75) is 45.1 Å². The van der Waals surface area contributed by atoms with Crippen LogP contribution in [0.25, 0.3) is 0 Å². The lowest BCUT2D eigenvalue weighted by Crippen LogP contribution is -2.55. The number of nitrogen functional groups attached to an aromatic ring is 1. The van der Waals surface area contributed by atoms with Crippen molar-refractivity contribution in [3.8, 4) is 11.8 Å². The third kappa shape index (κ3) is 2.66. The van der Waals surface area contributed by atoms with Crippen molar-refractivity contribution in [1.82, 2.24) is 0 Å². The molecule has 1 aliphatic rings. The number of hydrogen-bond donors (Lipinski definition) is 1. The van der Waals surface area contributed by atoms with Crippen molar-refractivity contribution in [3.05, 3.63) is 18.2 Å². The molecule has 1 aliphatic heterocycles. The molecule has 0 bridgehead atoms. The molecule has 0 aliphatic carbocycles. The average molecular weight is 287 g/mol. The number of hydrogen-bond acceptors (Lipinski definition) is 4. The Morgan fingerprint density at radius 3 is 2.71 bits per heavy atom. The van der Waals surface area contributed by atoms with E-state index in [9.17, 15) is 4.79 Å². The second kappa shape index (κ2) is 6.04. The van der Waals surface area contributed by atoms with E-state index >= 15 is 0 Å². The zero-order valence-corrected chi connectivity index (χ0v) is 12.6. The predicted octanol–water partition coefficient (Wildman–Crippen LogP) is 2.86. The number of nitrogens with two attached hydrogens (primary N) is 1. The van der Waals surface area contributed by atoms with Crippen molar-refractivity contribution in [2.75, 3.05) is 17.2 Å². The molecule has 0 radical (unpaired) electrons. The third-order valence-electron chi connectivity index (χ3n) is 4.03. The lowest BCUT2D eigenvalue weighted by atomic mass is 9.92. The van der Waals surface area contributed by atoms with Gasteiger partial charge in [0.05, 0.1) is 11.8 Å². The molecule has 0 fully saturated rings. The molecule has 1 amide bonds. The standard InChI is InChI=1S/C16H21N3O2/c1-3-16(4-2)15(20)19(10-6-5-9-17)13-8-7-12(18)11-14(13)21-16/h7-8,11H,3-6,10,18H2,1-2H3. The summed E-state index contributed by atoms with van der Waals surface area (Å²) in [6.45, 7) is 4.42. The van der Waals surface area contributed by atoms with Crippen molar-refractivity contribution in [3.63, 3.8) is 0 Å². The zero-order valence-electron chi connectivity index (χ0n) is 12.6. The van der Waals surface area contributed by atoms with Gasteiger partial charge < -0.3 is 15.4 Å². The summed E-state index contributed by atoms with van der Waals surface area (Å²) < 4.78 is 6.01. The molecule has 0 saturated heterocycles. The number of nitriles is 1. The molecule has 5 nitrogen and oxygen atoms in total. The van der Waals surface area contributed by atoms with Gasteiger partial charge in [-0.3, -0.25) is 4.79 Å². The fourth-order valence-electron chi connectivity index (χ4n) is 2.68. The number of benzene rings is 1. The number of amides is 1. The Balaban J connectivity index is 2.42. The van der Waals surface area contributed by atoms with Gasteiger partial charge in [-0.15, -0.1) is 0 Å². The number of nitrogens with zero attached hydrogens (tertiary/aromatic N) is 2. The molecule has 0 saturated carbocycles. The predicted molar refractivity (Wildman–Crippen MR) is 82.0 cm³/mol. The summed E-state index contributed by atoms with van der Waals surface area (Å²) in [7, 11) is 0. The van der Waals surface area contributed by atoms with E-state index in [1.165, 1.54) is 0 Å². The summed E-state index contributed by atoms with van der Waals surface area (Å²) in [5, 5.41) is 8.69. The monoisotopic (exact) mass is 287 g/mol. The first-order valence-electron chi connectivity index (χ1n) is 7.35. The molecule has 1 aromatic rings. The van der Waals surface area contributed by atoms with Crippen molar-refractivity contribution in [2.24, 2.45) is 0 Å². The first-order chi connectivity index (χ1) is 10.1. The maximum Gasteiger partial charge on any atom is 0.271 e. The van der Waals surface area contributed by atoms with Crippen molar-refractivity contribution < 1.29 is 9.53 Å². The number of carbonyl (C=O) groups is 1. The molecule has 5 heteroatoms. The first-order valence-corrected chi connectivity index (χ1v) is 7.35. The van der Waals surface area contributed by atoms with Crippen LogP contribution in [-0.2, 0) is 4.79 Å². The summed E-state index contributed by atoms with van der Waals surface area (Å²) >= 11 is 0. The molecule has 112 valence electrons. The topological polar surface area (TPSA) is 79.3 Å². The minimum atomic E-state index is -0.826. The van der Waals surface area contributed by atoms with Crippen LogP contribution < -0.4 is 15.4 Å². The maximum absolute atomic E-state index is 12.8. The summed E-state index contributed by atoms with van der Waals surface area (Å²) in [6.07, 6.45) is 2.28. The van der Waals surface area contributed by atoms with Gasteiger partial charge in [-0.25, -0.2) is 0 Å². The molecule has 0 atom stereocenters. The van der Waals surface area contributed by atoms with E-state index in [1.807, 2.05) is 19.9 Å². The lowest BCUT2D eigenvalue weighted by molar-refractivity contribution is -0.136. The van der Waals surface area contributed by atoms with E-state index in [0.29, 0.717) is 43.7 Å². The van der Waals surface area contributed by atoms with Gasteiger partial charge in [0, 0.05) is 24.7 Å². The van der Waals surface area contributed by atoms with Crippen LogP contribution in [0.4, 0.5) is 11.4 Å². The Labute approximate surface area is 125 Å². The maximum atomic E-state index is 12.8. The van der Waals surface area contributed by atoms with E-state index in [0.717, 1.165) is 5.69 Å². The van der Waals surface area contributed by atoms with Crippen LogP contribution in [0.3, 0.4) is 0 Å². The Kier molecular flexibility index (Phi) is 4.37. The average Bonchev–Trinajstić information content (AvgIpc) is 2.49. The van der Waals surface area contributed by atoms with Gasteiger partial charge in [-0.1, -0.05) is 13.8 Å². The van der Waals surface area contributed by atoms with Gasteiger partial charge in [0.25, 0.3) is 5.91 Å². The number of ether oxygens (including phenoxy) is 1. The highest BCUT2D eigenvalue weighted by atomic mass is 16.5. The van der Waals surface area contributed by atoms with E-state index in [2.05, 4.69) is 6.07 Å². The van der Waals surface area contributed by atoms with Crippen molar-refractivity contribution in [1.29, 1.82) is 5.26 Å². The molecule has 1 heterocycles. The fraction of sp³-hybridized carbons (Fsp3) is 0.500. The van der Waals surface area contributed by atoms with E-state index in [-0.39, 0.29) is 5.91 Å². The van der Waals surface area contributed by atoms with Crippen LogP contribution in [0.5, 0.6) is 5.75 Å². The highest BCUT2D eigenvalue weighted by molar-refractivity contribution is 6.03. The largest absolute Gasteiger partial charge is 0.475 e. The van der Waals surface area contributed by atoms with Gasteiger partial charge in [0.2, 0.25) is 0 Å². The second-order valence-corrected chi connectivity index (χ2v) is 5.25. The van der Waals surface area contributed by atoms with Crippen LogP contribution in [0.1, 0.15) is 39.5 Å². The van der Waals surface area contributed by atoms with Crippen LogP contribution >= 0.6 is 0 Å². The highest BCUT2D eigenvalue weighted by Gasteiger charge is 2.45. The molecule has 0 spiro atoms. The number of anilines is 2.